The molecule has 2 aromatic carbocycles. The Labute approximate surface area is 141 Å². The maximum Gasteiger partial charge on any atom is 0.387 e. The van der Waals surface area contributed by atoms with Gasteiger partial charge in [-0.2, -0.15) is 8.78 Å². The van der Waals surface area contributed by atoms with Crippen LogP contribution < -0.4 is 14.8 Å². The van der Waals surface area contributed by atoms with E-state index in [-0.39, 0.29) is 28.4 Å². The highest BCUT2D eigenvalue weighted by atomic mass is 19.3. The van der Waals surface area contributed by atoms with Crippen molar-refractivity contribution in [2.24, 2.45) is 0 Å². The SMILES string of the molecule is COc1cc(C(=O)Nc2cccc([N+](=O)[O-])c2C)ccc1OC(F)F. The molecule has 0 unspecified atom stereocenters. The maximum atomic E-state index is 12.3. The second-order valence-corrected chi connectivity index (χ2v) is 4.91. The summed E-state index contributed by atoms with van der Waals surface area (Å²) in [5.41, 5.74) is 0.553. The van der Waals surface area contributed by atoms with Gasteiger partial charge in [-0.3, -0.25) is 14.9 Å². The van der Waals surface area contributed by atoms with Crippen LogP contribution in [0.3, 0.4) is 0 Å². The van der Waals surface area contributed by atoms with E-state index in [1.165, 1.54) is 50.4 Å². The fourth-order valence-electron chi connectivity index (χ4n) is 2.15. The van der Waals surface area contributed by atoms with Crippen molar-refractivity contribution in [2.75, 3.05) is 12.4 Å². The van der Waals surface area contributed by atoms with Gasteiger partial charge in [0.05, 0.1) is 23.3 Å². The van der Waals surface area contributed by atoms with Crippen LogP contribution in [0.5, 0.6) is 11.5 Å². The van der Waals surface area contributed by atoms with Crippen LogP contribution in [-0.4, -0.2) is 24.6 Å². The lowest BCUT2D eigenvalue weighted by molar-refractivity contribution is -0.385. The van der Waals surface area contributed by atoms with Crippen molar-refractivity contribution in [3.8, 4) is 11.5 Å². The highest BCUT2D eigenvalue weighted by Gasteiger charge is 2.17. The average molecular weight is 352 g/mol. The van der Waals surface area contributed by atoms with Crippen molar-refractivity contribution in [3.63, 3.8) is 0 Å². The molecular weight excluding hydrogens is 338 g/mol. The molecule has 0 aliphatic carbocycles. The number of benzene rings is 2. The summed E-state index contributed by atoms with van der Waals surface area (Å²) in [4.78, 5) is 22.7. The molecule has 2 rings (SSSR count). The summed E-state index contributed by atoms with van der Waals surface area (Å²) in [6.45, 7) is -1.52. The summed E-state index contributed by atoms with van der Waals surface area (Å²) >= 11 is 0. The molecule has 7 nitrogen and oxygen atoms in total. The number of halogens is 2. The first-order valence-electron chi connectivity index (χ1n) is 7.01. The van der Waals surface area contributed by atoms with Crippen LogP contribution in [0, 0.1) is 17.0 Å². The second-order valence-electron chi connectivity index (χ2n) is 4.91. The molecule has 2 aromatic rings. The molecule has 0 radical (unpaired) electrons. The van der Waals surface area contributed by atoms with Gasteiger partial charge in [-0.25, -0.2) is 0 Å². The fourth-order valence-corrected chi connectivity index (χ4v) is 2.15. The Morgan fingerprint density at radius 1 is 1.24 bits per heavy atom. The number of alkyl halides is 2. The van der Waals surface area contributed by atoms with E-state index in [2.05, 4.69) is 10.1 Å². The van der Waals surface area contributed by atoms with Gasteiger partial charge >= 0.3 is 6.61 Å². The average Bonchev–Trinajstić information content (AvgIpc) is 2.56. The molecule has 0 fully saturated rings. The number of hydrogen-bond donors (Lipinski definition) is 1. The van der Waals surface area contributed by atoms with Crippen molar-refractivity contribution < 1.29 is 28.0 Å². The zero-order valence-corrected chi connectivity index (χ0v) is 13.3. The highest BCUT2D eigenvalue weighted by molar-refractivity contribution is 6.05. The Kier molecular flexibility index (Phi) is 5.48. The lowest BCUT2D eigenvalue weighted by atomic mass is 10.1. The summed E-state index contributed by atoms with van der Waals surface area (Å²) in [6, 6.07) is 7.99. The smallest absolute Gasteiger partial charge is 0.387 e. The summed E-state index contributed by atoms with van der Waals surface area (Å²) in [7, 11) is 1.25. The molecule has 25 heavy (non-hydrogen) atoms. The molecule has 9 heteroatoms. The predicted octanol–water partition coefficient (Wildman–Crippen LogP) is 3.77. The number of carbonyl (C=O) groups excluding carboxylic acids is 1. The number of hydrogen-bond acceptors (Lipinski definition) is 5. The number of amides is 1. The Morgan fingerprint density at radius 2 is 1.96 bits per heavy atom. The molecule has 0 saturated heterocycles. The maximum absolute atomic E-state index is 12.3. The minimum Gasteiger partial charge on any atom is -0.493 e. The number of nitrogens with one attached hydrogen (secondary N) is 1. The van der Waals surface area contributed by atoms with Crippen LogP contribution in [0.2, 0.25) is 0 Å². The summed E-state index contributed by atoms with van der Waals surface area (Å²) < 4.78 is 33.9. The Hall–Kier alpha value is -3.23. The lowest BCUT2D eigenvalue weighted by Gasteiger charge is -2.12. The second kappa shape index (κ2) is 7.56. The summed E-state index contributed by atoms with van der Waals surface area (Å²) in [6.07, 6.45) is 0. The number of nitro benzene ring substituents is 1. The van der Waals surface area contributed by atoms with Crippen LogP contribution in [0.4, 0.5) is 20.2 Å². The van der Waals surface area contributed by atoms with Crippen molar-refractivity contribution >= 4 is 17.3 Å². The third-order valence-electron chi connectivity index (χ3n) is 3.39. The van der Waals surface area contributed by atoms with E-state index in [0.717, 1.165) is 0 Å². The van der Waals surface area contributed by atoms with Crippen molar-refractivity contribution in [1.82, 2.24) is 0 Å². The van der Waals surface area contributed by atoms with E-state index in [1.54, 1.807) is 0 Å². The van der Waals surface area contributed by atoms with Gasteiger partial charge in [-0.05, 0) is 31.2 Å². The van der Waals surface area contributed by atoms with Crippen LogP contribution in [0.1, 0.15) is 15.9 Å². The Balaban J connectivity index is 2.27. The molecule has 0 spiro atoms. The molecule has 0 bridgehead atoms. The number of methoxy groups -OCH3 is 1. The molecule has 0 aliphatic heterocycles. The standard InChI is InChI=1S/C16H14F2N2O5/c1-9-11(4-3-5-12(9)20(22)23)19-15(21)10-6-7-13(25-16(17)18)14(8-10)24-2/h3-8,16H,1-2H3,(H,19,21). The lowest BCUT2D eigenvalue weighted by Crippen LogP contribution is -2.13. The van der Waals surface area contributed by atoms with Gasteiger partial charge in [0.1, 0.15) is 0 Å². The largest absolute Gasteiger partial charge is 0.493 e. The Bertz CT molecular complexity index is 811. The van der Waals surface area contributed by atoms with E-state index in [0.29, 0.717) is 5.56 Å². The van der Waals surface area contributed by atoms with Crippen molar-refractivity contribution in [2.45, 2.75) is 13.5 Å². The molecule has 0 aromatic heterocycles. The van der Waals surface area contributed by atoms with Gasteiger partial charge in [-0.15, -0.1) is 0 Å². The van der Waals surface area contributed by atoms with E-state index >= 15 is 0 Å². The number of carbonyl (C=O) groups is 1. The summed E-state index contributed by atoms with van der Waals surface area (Å²) in [5.74, 6) is -0.824. The van der Waals surface area contributed by atoms with Crippen LogP contribution >= 0.6 is 0 Å². The Morgan fingerprint density at radius 3 is 2.56 bits per heavy atom. The third-order valence-corrected chi connectivity index (χ3v) is 3.39. The van der Waals surface area contributed by atoms with Crippen LogP contribution in [0.25, 0.3) is 0 Å². The quantitative estimate of drug-likeness (QED) is 0.631. The molecule has 0 aliphatic rings. The number of nitro groups is 1. The van der Waals surface area contributed by atoms with Crippen molar-refractivity contribution in [1.29, 1.82) is 0 Å². The molecule has 1 amide bonds. The molecule has 0 heterocycles. The molecule has 0 saturated carbocycles. The highest BCUT2D eigenvalue weighted by Crippen LogP contribution is 2.30. The molecule has 132 valence electrons. The van der Waals surface area contributed by atoms with Crippen molar-refractivity contribution in [3.05, 3.63) is 57.6 Å². The molecule has 0 atom stereocenters. The van der Waals surface area contributed by atoms with Gasteiger partial charge in [-0.1, -0.05) is 6.07 Å². The minimum atomic E-state index is -3.03. The normalized spacial score (nSPS) is 10.4. The number of anilines is 1. The van der Waals surface area contributed by atoms with Gasteiger partial charge in [0, 0.05) is 11.6 Å². The van der Waals surface area contributed by atoms with E-state index < -0.39 is 17.4 Å². The van der Waals surface area contributed by atoms with E-state index in [1.807, 2.05) is 0 Å². The number of nitrogens with zero attached hydrogens (tertiary/aromatic N) is 1. The van der Waals surface area contributed by atoms with E-state index in [4.69, 9.17) is 4.74 Å². The molecule has 1 N–H and O–H groups in total. The minimum absolute atomic E-state index is 0.0382. The predicted molar refractivity (Wildman–Crippen MR) is 85.4 cm³/mol. The van der Waals surface area contributed by atoms with Gasteiger partial charge < -0.3 is 14.8 Å². The van der Waals surface area contributed by atoms with E-state index in [9.17, 15) is 23.7 Å². The first kappa shape index (κ1) is 18.1. The first-order chi connectivity index (χ1) is 11.8. The third kappa shape index (κ3) is 4.19. The zero-order valence-electron chi connectivity index (χ0n) is 13.3. The van der Waals surface area contributed by atoms with Gasteiger partial charge in [0.15, 0.2) is 11.5 Å². The monoisotopic (exact) mass is 352 g/mol. The number of rotatable bonds is 6. The van der Waals surface area contributed by atoms with Crippen LogP contribution in [-0.2, 0) is 0 Å². The van der Waals surface area contributed by atoms with Gasteiger partial charge in [0.2, 0.25) is 0 Å². The van der Waals surface area contributed by atoms with Crippen LogP contribution in [0.15, 0.2) is 36.4 Å². The summed E-state index contributed by atoms with van der Waals surface area (Å²) in [5, 5.41) is 13.5. The topological polar surface area (TPSA) is 90.7 Å². The van der Waals surface area contributed by atoms with Gasteiger partial charge in [0.25, 0.3) is 11.6 Å². The molecular formula is C16H14F2N2O5. The number of ether oxygens (including phenoxy) is 2. The zero-order chi connectivity index (χ0) is 18.6. The fraction of sp³-hybridized carbons (Fsp3) is 0.188. The first-order valence-corrected chi connectivity index (χ1v) is 7.01.